The number of hydrogen-bond acceptors (Lipinski definition) is 4. The summed E-state index contributed by atoms with van der Waals surface area (Å²) in [6, 6.07) is 5.83. The fourth-order valence-electron chi connectivity index (χ4n) is 1.29. The zero-order valence-corrected chi connectivity index (χ0v) is 10.3. The summed E-state index contributed by atoms with van der Waals surface area (Å²) in [4.78, 5) is 11.2. The van der Waals surface area contributed by atoms with Crippen molar-refractivity contribution in [2.75, 3.05) is 7.11 Å². The Balaban J connectivity index is 2.40. The van der Waals surface area contributed by atoms with E-state index in [9.17, 15) is 9.18 Å². The van der Waals surface area contributed by atoms with Gasteiger partial charge in [0.2, 0.25) is 0 Å². The summed E-state index contributed by atoms with van der Waals surface area (Å²) in [5.74, 6) is -0.917. The highest BCUT2D eigenvalue weighted by Gasteiger charge is 2.16. The molecule has 1 heterocycles. The number of carbonyl (C=O) groups excluding carboxylic acids is 1. The van der Waals surface area contributed by atoms with E-state index in [1.807, 2.05) is 0 Å². The SMILES string of the molecule is COC(=O)c1cc(-c2ccc(Br)cc2F)on1. The second-order valence-electron chi connectivity index (χ2n) is 3.19. The fourth-order valence-corrected chi connectivity index (χ4v) is 1.63. The number of carbonyl (C=O) groups is 1. The van der Waals surface area contributed by atoms with Crippen molar-refractivity contribution < 1.29 is 18.4 Å². The number of benzene rings is 1. The van der Waals surface area contributed by atoms with Crippen LogP contribution in [0.25, 0.3) is 11.3 Å². The molecule has 0 fully saturated rings. The third-order valence-corrected chi connectivity index (χ3v) is 2.59. The Bertz CT molecular complexity index is 568. The maximum Gasteiger partial charge on any atom is 0.360 e. The Hall–Kier alpha value is -1.69. The number of rotatable bonds is 2. The Morgan fingerprint density at radius 1 is 1.47 bits per heavy atom. The third-order valence-electron chi connectivity index (χ3n) is 2.10. The first kappa shape index (κ1) is 11.8. The van der Waals surface area contributed by atoms with Crippen molar-refractivity contribution in [3.05, 3.63) is 40.2 Å². The molecule has 0 amide bonds. The molecule has 1 aromatic heterocycles. The van der Waals surface area contributed by atoms with Crippen molar-refractivity contribution in [2.45, 2.75) is 0 Å². The third kappa shape index (κ3) is 2.36. The molecule has 0 aliphatic heterocycles. The van der Waals surface area contributed by atoms with E-state index in [0.717, 1.165) is 0 Å². The van der Waals surface area contributed by atoms with Crippen LogP contribution in [0.2, 0.25) is 0 Å². The molecular formula is C11H7BrFNO3. The van der Waals surface area contributed by atoms with Crippen LogP contribution in [-0.4, -0.2) is 18.2 Å². The van der Waals surface area contributed by atoms with Crippen LogP contribution in [0.3, 0.4) is 0 Å². The van der Waals surface area contributed by atoms with E-state index in [1.54, 1.807) is 6.07 Å². The highest BCUT2D eigenvalue weighted by Crippen LogP contribution is 2.26. The van der Waals surface area contributed by atoms with Gasteiger partial charge in [-0.15, -0.1) is 0 Å². The van der Waals surface area contributed by atoms with Gasteiger partial charge in [0.25, 0.3) is 0 Å². The summed E-state index contributed by atoms with van der Waals surface area (Å²) >= 11 is 3.15. The number of aromatic nitrogens is 1. The van der Waals surface area contributed by atoms with Gasteiger partial charge in [-0.1, -0.05) is 21.1 Å². The summed E-state index contributed by atoms with van der Waals surface area (Å²) in [7, 11) is 1.23. The monoisotopic (exact) mass is 299 g/mol. The number of esters is 1. The van der Waals surface area contributed by atoms with Gasteiger partial charge >= 0.3 is 5.97 Å². The standard InChI is InChI=1S/C11H7BrFNO3/c1-16-11(15)9-5-10(17-14-9)7-3-2-6(12)4-8(7)13/h2-5H,1H3. The van der Waals surface area contributed by atoms with Crippen molar-refractivity contribution in [1.82, 2.24) is 5.16 Å². The molecule has 4 nitrogen and oxygen atoms in total. The van der Waals surface area contributed by atoms with Gasteiger partial charge in [0.15, 0.2) is 11.5 Å². The Morgan fingerprint density at radius 3 is 2.88 bits per heavy atom. The van der Waals surface area contributed by atoms with Crippen molar-refractivity contribution >= 4 is 21.9 Å². The second kappa shape index (κ2) is 4.67. The van der Waals surface area contributed by atoms with Gasteiger partial charge in [0.05, 0.1) is 12.7 Å². The van der Waals surface area contributed by atoms with Crippen LogP contribution in [0.4, 0.5) is 4.39 Å². The maximum absolute atomic E-state index is 13.6. The normalized spacial score (nSPS) is 10.3. The van der Waals surface area contributed by atoms with Gasteiger partial charge in [-0.25, -0.2) is 9.18 Å². The molecule has 0 saturated heterocycles. The first-order valence-electron chi connectivity index (χ1n) is 4.62. The molecule has 0 N–H and O–H groups in total. The van der Waals surface area contributed by atoms with Crippen molar-refractivity contribution in [3.63, 3.8) is 0 Å². The molecule has 0 aliphatic carbocycles. The Labute approximate surface area is 104 Å². The molecule has 2 aromatic rings. The second-order valence-corrected chi connectivity index (χ2v) is 4.11. The molecule has 6 heteroatoms. The lowest BCUT2D eigenvalue weighted by Gasteiger charge is -1.98. The van der Waals surface area contributed by atoms with Crippen LogP contribution in [0.5, 0.6) is 0 Å². The first-order valence-corrected chi connectivity index (χ1v) is 5.41. The molecule has 0 spiro atoms. The van der Waals surface area contributed by atoms with E-state index in [4.69, 9.17) is 4.52 Å². The average molecular weight is 300 g/mol. The number of nitrogens with zero attached hydrogens (tertiary/aromatic N) is 1. The van der Waals surface area contributed by atoms with E-state index in [1.165, 1.54) is 25.3 Å². The molecule has 88 valence electrons. The minimum Gasteiger partial charge on any atom is -0.464 e. The molecule has 0 atom stereocenters. The molecule has 17 heavy (non-hydrogen) atoms. The van der Waals surface area contributed by atoms with E-state index >= 15 is 0 Å². The van der Waals surface area contributed by atoms with Crippen molar-refractivity contribution in [1.29, 1.82) is 0 Å². The van der Waals surface area contributed by atoms with E-state index in [-0.39, 0.29) is 17.0 Å². The quantitative estimate of drug-likeness (QED) is 0.800. The summed E-state index contributed by atoms with van der Waals surface area (Å²) in [6.45, 7) is 0. The van der Waals surface area contributed by atoms with Gasteiger partial charge in [0, 0.05) is 10.5 Å². The maximum atomic E-state index is 13.6. The lowest BCUT2D eigenvalue weighted by molar-refractivity contribution is 0.0589. The molecule has 0 bridgehead atoms. The van der Waals surface area contributed by atoms with Gasteiger partial charge in [0.1, 0.15) is 5.82 Å². The number of hydrogen-bond donors (Lipinski definition) is 0. The van der Waals surface area contributed by atoms with Crippen LogP contribution < -0.4 is 0 Å². The Kier molecular flexibility index (Phi) is 3.23. The van der Waals surface area contributed by atoms with E-state index < -0.39 is 11.8 Å². The minimum absolute atomic E-state index is 0.00446. The molecular weight excluding hydrogens is 293 g/mol. The van der Waals surface area contributed by atoms with Crippen LogP contribution in [-0.2, 0) is 4.74 Å². The highest BCUT2D eigenvalue weighted by atomic mass is 79.9. The zero-order valence-electron chi connectivity index (χ0n) is 8.74. The zero-order chi connectivity index (χ0) is 12.4. The van der Waals surface area contributed by atoms with Crippen LogP contribution in [0.15, 0.2) is 33.3 Å². The number of ether oxygens (including phenoxy) is 1. The molecule has 0 saturated carbocycles. The van der Waals surface area contributed by atoms with Gasteiger partial charge in [-0.05, 0) is 18.2 Å². The predicted octanol–water partition coefficient (Wildman–Crippen LogP) is 3.03. The topological polar surface area (TPSA) is 52.3 Å². The van der Waals surface area contributed by atoms with Crippen LogP contribution in [0.1, 0.15) is 10.5 Å². The predicted molar refractivity (Wildman–Crippen MR) is 60.9 cm³/mol. The van der Waals surface area contributed by atoms with Gasteiger partial charge < -0.3 is 9.26 Å². The lowest BCUT2D eigenvalue weighted by Crippen LogP contribution is -2.00. The van der Waals surface area contributed by atoms with Crippen LogP contribution >= 0.6 is 15.9 Å². The molecule has 1 aromatic carbocycles. The van der Waals surface area contributed by atoms with Gasteiger partial charge in [-0.3, -0.25) is 0 Å². The first-order chi connectivity index (χ1) is 8.11. The Morgan fingerprint density at radius 2 is 2.24 bits per heavy atom. The minimum atomic E-state index is -0.627. The van der Waals surface area contributed by atoms with Gasteiger partial charge in [-0.2, -0.15) is 0 Å². The average Bonchev–Trinajstić information content (AvgIpc) is 2.77. The summed E-state index contributed by atoms with van der Waals surface area (Å²) in [6.07, 6.45) is 0. The van der Waals surface area contributed by atoms with E-state index in [0.29, 0.717) is 4.47 Å². The molecule has 0 unspecified atom stereocenters. The highest BCUT2D eigenvalue weighted by molar-refractivity contribution is 9.10. The largest absolute Gasteiger partial charge is 0.464 e. The van der Waals surface area contributed by atoms with Crippen molar-refractivity contribution in [2.24, 2.45) is 0 Å². The van der Waals surface area contributed by atoms with Crippen molar-refractivity contribution in [3.8, 4) is 11.3 Å². The fraction of sp³-hybridized carbons (Fsp3) is 0.0909. The summed E-state index contributed by atoms with van der Waals surface area (Å²) in [5, 5.41) is 3.50. The van der Waals surface area contributed by atoms with E-state index in [2.05, 4.69) is 25.8 Å². The number of methoxy groups -OCH3 is 1. The summed E-state index contributed by atoms with van der Waals surface area (Å²) < 4.78 is 23.6. The smallest absolute Gasteiger partial charge is 0.360 e. The molecule has 0 radical (unpaired) electrons. The van der Waals surface area contributed by atoms with Crippen LogP contribution in [0, 0.1) is 5.82 Å². The number of halogens is 2. The lowest BCUT2D eigenvalue weighted by atomic mass is 10.1. The molecule has 0 aliphatic rings. The summed E-state index contributed by atoms with van der Waals surface area (Å²) in [5.41, 5.74) is 0.237. The molecule has 2 rings (SSSR count).